The second-order valence-corrected chi connectivity index (χ2v) is 6.56. The second kappa shape index (κ2) is 7.56. The predicted octanol–water partition coefficient (Wildman–Crippen LogP) is 1.92. The Bertz CT molecular complexity index is 827. The Hall–Kier alpha value is -2.61. The third-order valence-electron chi connectivity index (χ3n) is 4.90. The highest BCUT2D eigenvalue weighted by atomic mass is 16.5. The Morgan fingerprint density at radius 2 is 2.07 bits per heavy atom. The van der Waals surface area contributed by atoms with Gasteiger partial charge in [0.05, 0.1) is 26.0 Å². The number of amides is 1. The summed E-state index contributed by atoms with van der Waals surface area (Å²) in [5.74, 6) is 0.806. The van der Waals surface area contributed by atoms with Crippen LogP contribution in [-0.4, -0.2) is 48.8 Å². The van der Waals surface area contributed by atoms with E-state index in [-0.39, 0.29) is 12.5 Å². The molecule has 0 aliphatic carbocycles. The molecule has 2 aliphatic rings. The van der Waals surface area contributed by atoms with Gasteiger partial charge in [-0.05, 0) is 11.6 Å². The largest absolute Gasteiger partial charge is 0.493 e. The summed E-state index contributed by atoms with van der Waals surface area (Å²) in [7, 11) is 1.55. The standard InChI is InChI=1S/C20H22N2O5/c1-25-17-9-14-15(10-18(17)27-11-13-5-3-2-4-6-13)21-19(23)16-12-26-8-7-22(16)20(14)24/h2-6,9-10,16,20,24H,7-8,11-12H2,1H3,(H,21,23)/t16-,20?/m0/s1. The fourth-order valence-electron chi connectivity index (χ4n) is 3.44. The van der Waals surface area contributed by atoms with Crippen LogP contribution in [0.2, 0.25) is 0 Å². The van der Waals surface area contributed by atoms with E-state index in [9.17, 15) is 9.90 Å². The van der Waals surface area contributed by atoms with Gasteiger partial charge >= 0.3 is 0 Å². The maximum Gasteiger partial charge on any atom is 0.244 e. The number of aliphatic hydroxyl groups excluding tert-OH is 1. The number of nitrogens with zero attached hydrogens (tertiary/aromatic N) is 1. The molecule has 2 atom stereocenters. The van der Waals surface area contributed by atoms with Gasteiger partial charge in [0, 0.05) is 18.2 Å². The molecule has 0 spiro atoms. The molecule has 4 rings (SSSR count). The summed E-state index contributed by atoms with van der Waals surface area (Å²) in [5.41, 5.74) is 2.12. The smallest absolute Gasteiger partial charge is 0.244 e. The molecule has 1 unspecified atom stereocenters. The number of hydrogen-bond acceptors (Lipinski definition) is 6. The van der Waals surface area contributed by atoms with Crippen LogP contribution in [0.5, 0.6) is 11.5 Å². The van der Waals surface area contributed by atoms with E-state index in [0.29, 0.717) is 42.5 Å². The van der Waals surface area contributed by atoms with E-state index in [2.05, 4.69) is 5.32 Å². The van der Waals surface area contributed by atoms with Crippen LogP contribution >= 0.6 is 0 Å². The van der Waals surface area contributed by atoms with Crippen molar-refractivity contribution in [1.82, 2.24) is 4.90 Å². The van der Waals surface area contributed by atoms with Crippen LogP contribution in [0.25, 0.3) is 0 Å². The van der Waals surface area contributed by atoms with Crippen molar-refractivity contribution in [2.45, 2.75) is 18.9 Å². The lowest BCUT2D eigenvalue weighted by molar-refractivity contribution is -0.138. The Labute approximate surface area is 157 Å². The molecular weight excluding hydrogens is 348 g/mol. The summed E-state index contributed by atoms with van der Waals surface area (Å²) in [6, 6.07) is 12.7. The number of anilines is 1. The lowest BCUT2D eigenvalue weighted by Gasteiger charge is -2.35. The molecule has 0 radical (unpaired) electrons. The first-order chi connectivity index (χ1) is 13.2. The van der Waals surface area contributed by atoms with Gasteiger partial charge in [0.1, 0.15) is 18.9 Å². The number of benzene rings is 2. The summed E-state index contributed by atoms with van der Waals surface area (Å²) >= 11 is 0. The molecule has 2 aromatic carbocycles. The van der Waals surface area contributed by atoms with Gasteiger partial charge in [0.15, 0.2) is 11.5 Å². The van der Waals surface area contributed by atoms with Gasteiger partial charge < -0.3 is 24.6 Å². The van der Waals surface area contributed by atoms with Crippen molar-refractivity contribution >= 4 is 11.6 Å². The van der Waals surface area contributed by atoms with Crippen molar-refractivity contribution in [1.29, 1.82) is 0 Å². The number of carbonyl (C=O) groups excluding carboxylic acids is 1. The molecule has 7 heteroatoms. The summed E-state index contributed by atoms with van der Waals surface area (Å²) in [4.78, 5) is 14.3. The second-order valence-electron chi connectivity index (χ2n) is 6.56. The molecular formula is C20H22N2O5. The fourth-order valence-corrected chi connectivity index (χ4v) is 3.44. The monoisotopic (exact) mass is 370 g/mol. The number of methoxy groups -OCH3 is 1. The molecule has 0 aromatic heterocycles. The van der Waals surface area contributed by atoms with E-state index < -0.39 is 12.3 Å². The minimum atomic E-state index is -0.926. The molecule has 1 saturated heterocycles. The zero-order chi connectivity index (χ0) is 18.8. The number of ether oxygens (including phenoxy) is 3. The minimum Gasteiger partial charge on any atom is -0.493 e. The number of fused-ring (bicyclic) bond motifs is 2. The first-order valence-electron chi connectivity index (χ1n) is 8.88. The number of morpholine rings is 1. The van der Waals surface area contributed by atoms with Crippen molar-refractivity contribution in [2.24, 2.45) is 0 Å². The summed E-state index contributed by atoms with van der Waals surface area (Å²) in [6.45, 7) is 1.58. The number of aliphatic hydroxyl groups is 1. The molecule has 2 aliphatic heterocycles. The fraction of sp³-hybridized carbons (Fsp3) is 0.350. The highest BCUT2D eigenvalue weighted by Crippen LogP contribution is 2.40. The zero-order valence-corrected chi connectivity index (χ0v) is 15.1. The van der Waals surface area contributed by atoms with Gasteiger partial charge in [-0.3, -0.25) is 9.69 Å². The van der Waals surface area contributed by atoms with E-state index in [1.54, 1.807) is 24.1 Å². The maximum atomic E-state index is 12.6. The minimum absolute atomic E-state index is 0.202. The van der Waals surface area contributed by atoms with Gasteiger partial charge in [-0.25, -0.2) is 0 Å². The van der Waals surface area contributed by atoms with Crippen LogP contribution in [0.3, 0.4) is 0 Å². The van der Waals surface area contributed by atoms with Gasteiger partial charge in [0.25, 0.3) is 0 Å². The number of carbonyl (C=O) groups is 1. The molecule has 0 bridgehead atoms. The lowest BCUT2D eigenvalue weighted by atomic mass is 10.1. The molecule has 2 aromatic rings. The van der Waals surface area contributed by atoms with E-state index in [1.165, 1.54) is 0 Å². The Kier molecular flexibility index (Phi) is 4.98. The molecule has 1 amide bonds. The molecule has 1 fully saturated rings. The number of nitrogens with one attached hydrogen (secondary N) is 1. The average Bonchev–Trinajstić information content (AvgIpc) is 2.81. The summed E-state index contributed by atoms with van der Waals surface area (Å²) < 4.78 is 16.8. The van der Waals surface area contributed by atoms with Crippen molar-refractivity contribution in [3.8, 4) is 11.5 Å². The Morgan fingerprint density at radius 1 is 1.26 bits per heavy atom. The SMILES string of the molecule is COc1cc2c(cc1OCc1ccccc1)NC(=O)[C@@H]1COCCN1C2O. The highest BCUT2D eigenvalue weighted by molar-refractivity contribution is 5.97. The van der Waals surface area contributed by atoms with Crippen molar-refractivity contribution in [3.63, 3.8) is 0 Å². The molecule has 7 nitrogen and oxygen atoms in total. The third-order valence-corrected chi connectivity index (χ3v) is 4.90. The highest BCUT2D eigenvalue weighted by Gasteiger charge is 2.38. The molecule has 2 heterocycles. The third kappa shape index (κ3) is 3.49. The molecule has 27 heavy (non-hydrogen) atoms. The van der Waals surface area contributed by atoms with Gasteiger partial charge in [0.2, 0.25) is 5.91 Å². The molecule has 2 N–H and O–H groups in total. The van der Waals surface area contributed by atoms with Crippen LogP contribution < -0.4 is 14.8 Å². The first-order valence-corrected chi connectivity index (χ1v) is 8.88. The van der Waals surface area contributed by atoms with E-state index in [1.807, 2.05) is 30.3 Å². The Morgan fingerprint density at radius 3 is 2.85 bits per heavy atom. The molecule has 142 valence electrons. The quantitative estimate of drug-likeness (QED) is 0.856. The van der Waals surface area contributed by atoms with E-state index in [4.69, 9.17) is 14.2 Å². The normalized spacial score (nSPS) is 22.2. The van der Waals surface area contributed by atoms with Crippen LogP contribution in [0.4, 0.5) is 5.69 Å². The summed E-state index contributed by atoms with van der Waals surface area (Å²) in [5, 5.41) is 13.7. The first kappa shape index (κ1) is 17.8. The lowest BCUT2D eigenvalue weighted by Crippen LogP contribution is -2.51. The van der Waals surface area contributed by atoms with E-state index in [0.717, 1.165) is 5.56 Å². The molecule has 0 saturated carbocycles. The van der Waals surface area contributed by atoms with Crippen LogP contribution in [0.1, 0.15) is 17.4 Å². The van der Waals surface area contributed by atoms with Crippen LogP contribution in [0, 0.1) is 0 Å². The predicted molar refractivity (Wildman–Crippen MR) is 98.7 cm³/mol. The van der Waals surface area contributed by atoms with Gasteiger partial charge in [-0.1, -0.05) is 30.3 Å². The van der Waals surface area contributed by atoms with Crippen LogP contribution in [-0.2, 0) is 16.1 Å². The number of hydrogen-bond donors (Lipinski definition) is 2. The van der Waals surface area contributed by atoms with E-state index >= 15 is 0 Å². The van der Waals surface area contributed by atoms with Crippen LogP contribution in [0.15, 0.2) is 42.5 Å². The van der Waals surface area contributed by atoms with Crippen molar-refractivity contribution in [3.05, 3.63) is 53.6 Å². The van der Waals surface area contributed by atoms with Crippen molar-refractivity contribution in [2.75, 3.05) is 32.2 Å². The topological polar surface area (TPSA) is 80.3 Å². The summed E-state index contributed by atoms with van der Waals surface area (Å²) in [6.07, 6.45) is -0.926. The number of rotatable bonds is 4. The average molecular weight is 370 g/mol. The maximum absolute atomic E-state index is 12.6. The Balaban J connectivity index is 1.65. The zero-order valence-electron chi connectivity index (χ0n) is 15.1. The van der Waals surface area contributed by atoms with Crippen molar-refractivity contribution < 1.29 is 24.1 Å². The van der Waals surface area contributed by atoms with Gasteiger partial charge in [-0.2, -0.15) is 0 Å². The van der Waals surface area contributed by atoms with Gasteiger partial charge in [-0.15, -0.1) is 0 Å².